The number of fused-ring (bicyclic) bond motifs is 1. The highest BCUT2D eigenvalue weighted by Gasteiger charge is 2.12. The van der Waals surface area contributed by atoms with Crippen molar-refractivity contribution in [1.82, 2.24) is 10.3 Å². The van der Waals surface area contributed by atoms with E-state index in [9.17, 15) is 4.79 Å². The number of hydrogen-bond acceptors (Lipinski definition) is 3. The molecule has 0 atom stereocenters. The number of carbonyl (C=O) groups is 1. The Bertz CT molecular complexity index is 593. The highest BCUT2D eigenvalue weighted by Crippen LogP contribution is 2.22. The van der Waals surface area contributed by atoms with Gasteiger partial charge in [0.25, 0.3) is 5.91 Å². The predicted molar refractivity (Wildman–Crippen MR) is 78.5 cm³/mol. The monoisotopic (exact) mass is 257 g/mol. The number of benzene rings is 1. The molecule has 2 aromatic rings. The first kappa shape index (κ1) is 13.3. The number of carbonyl (C=O) groups excluding carboxylic acids is 1. The summed E-state index contributed by atoms with van der Waals surface area (Å²) in [6, 6.07) is 9.85. The topological polar surface area (TPSA) is 54.0 Å². The van der Waals surface area contributed by atoms with Crippen LogP contribution in [0.5, 0.6) is 0 Å². The maximum atomic E-state index is 12.1. The van der Waals surface area contributed by atoms with E-state index < -0.39 is 0 Å². The van der Waals surface area contributed by atoms with Crippen LogP contribution < -0.4 is 10.6 Å². The summed E-state index contributed by atoms with van der Waals surface area (Å²) in [5.41, 5.74) is 0.448. The average Bonchev–Trinajstić information content (AvgIpc) is 2.38. The number of amides is 1. The maximum Gasteiger partial charge on any atom is 0.270 e. The molecule has 0 saturated carbocycles. The standard InChI is InChI=1S/C15H19N3O/c1-4-16-14-12-8-6-5-7-11(12)9-13(18-14)15(19)17-10(2)3/h5-10H,4H2,1-3H3,(H,16,18)(H,17,19). The molecule has 4 nitrogen and oxygen atoms in total. The Hall–Kier alpha value is -2.10. The van der Waals surface area contributed by atoms with Crippen LogP contribution >= 0.6 is 0 Å². The second-order valence-electron chi connectivity index (χ2n) is 4.74. The Balaban J connectivity index is 2.48. The van der Waals surface area contributed by atoms with Gasteiger partial charge in [0.05, 0.1) is 0 Å². The van der Waals surface area contributed by atoms with Gasteiger partial charge in [0.15, 0.2) is 0 Å². The fraction of sp³-hybridized carbons (Fsp3) is 0.333. The lowest BCUT2D eigenvalue weighted by molar-refractivity contribution is 0.0938. The molecule has 2 N–H and O–H groups in total. The van der Waals surface area contributed by atoms with Crippen molar-refractivity contribution in [3.05, 3.63) is 36.0 Å². The maximum absolute atomic E-state index is 12.1. The largest absolute Gasteiger partial charge is 0.370 e. The van der Waals surface area contributed by atoms with Crippen LogP contribution in [-0.4, -0.2) is 23.5 Å². The molecule has 4 heteroatoms. The molecule has 0 unspecified atom stereocenters. The van der Waals surface area contributed by atoms with E-state index in [0.717, 1.165) is 23.1 Å². The van der Waals surface area contributed by atoms with Crippen molar-refractivity contribution in [2.75, 3.05) is 11.9 Å². The zero-order chi connectivity index (χ0) is 13.8. The summed E-state index contributed by atoms with van der Waals surface area (Å²) in [6.45, 7) is 6.65. The van der Waals surface area contributed by atoms with Gasteiger partial charge < -0.3 is 10.6 Å². The molecular weight excluding hydrogens is 238 g/mol. The highest BCUT2D eigenvalue weighted by atomic mass is 16.1. The number of hydrogen-bond donors (Lipinski definition) is 2. The minimum absolute atomic E-state index is 0.100. The highest BCUT2D eigenvalue weighted by molar-refractivity contribution is 6.00. The van der Waals surface area contributed by atoms with Gasteiger partial charge in [-0.2, -0.15) is 0 Å². The number of aromatic nitrogens is 1. The number of nitrogens with one attached hydrogen (secondary N) is 2. The van der Waals surface area contributed by atoms with E-state index in [4.69, 9.17) is 0 Å². The zero-order valence-electron chi connectivity index (χ0n) is 11.5. The first-order chi connectivity index (χ1) is 9.11. The van der Waals surface area contributed by atoms with Crippen molar-refractivity contribution in [3.8, 4) is 0 Å². The number of anilines is 1. The van der Waals surface area contributed by atoms with Crippen molar-refractivity contribution < 1.29 is 4.79 Å². The second kappa shape index (κ2) is 5.69. The molecule has 0 radical (unpaired) electrons. The molecule has 1 aromatic carbocycles. The van der Waals surface area contributed by atoms with Gasteiger partial charge >= 0.3 is 0 Å². The molecule has 2 rings (SSSR count). The first-order valence-electron chi connectivity index (χ1n) is 6.56. The molecule has 0 aliphatic rings. The van der Waals surface area contributed by atoms with E-state index in [1.165, 1.54) is 0 Å². The molecule has 19 heavy (non-hydrogen) atoms. The van der Waals surface area contributed by atoms with Gasteiger partial charge in [-0.25, -0.2) is 4.98 Å². The molecule has 0 aliphatic heterocycles. The molecule has 0 fully saturated rings. The van der Waals surface area contributed by atoms with Gasteiger partial charge in [0.2, 0.25) is 0 Å². The van der Waals surface area contributed by atoms with E-state index >= 15 is 0 Å². The van der Waals surface area contributed by atoms with Gasteiger partial charge in [-0.15, -0.1) is 0 Å². The Morgan fingerprint density at radius 3 is 2.74 bits per heavy atom. The Labute approximate surface area is 113 Å². The normalized spacial score (nSPS) is 10.7. The average molecular weight is 257 g/mol. The third kappa shape index (κ3) is 3.02. The van der Waals surface area contributed by atoms with Crippen molar-refractivity contribution in [1.29, 1.82) is 0 Å². The van der Waals surface area contributed by atoms with Gasteiger partial charge in [0, 0.05) is 18.0 Å². The van der Waals surface area contributed by atoms with Crippen LogP contribution in [0.25, 0.3) is 10.8 Å². The van der Waals surface area contributed by atoms with Crippen LogP contribution in [-0.2, 0) is 0 Å². The summed E-state index contributed by atoms with van der Waals surface area (Å²) in [6.07, 6.45) is 0. The molecule has 1 aromatic heterocycles. The molecular formula is C15H19N3O. The fourth-order valence-corrected chi connectivity index (χ4v) is 1.95. The van der Waals surface area contributed by atoms with E-state index in [1.807, 2.05) is 51.1 Å². The number of pyridine rings is 1. The minimum atomic E-state index is -0.139. The van der Waals surface area contributed by atoms with Crippen LogP contribution in [0.2, 0.25) is 0 Å². The SMILES string of the molecule is CCNc1nc(C(=O)NC(C)C)cc2ccccc12. The fourth-order valence-electron chi connectivity index (χ4n) is 1.95. The summed E-state index contributed by atoms with van der Waals surface area (Å²) in [7, 11) is 0. The molecule has 1 amide bonds. The van der Waals surface area contributed by atoms with E-state index in [-0.39, 0.29) is 11.9 Å². The summed E-state index contributed by atoms with van der Waals surface area (Å²) in [5, 5.41) is 8.12. The number of nitrogens with zero attached hydrogens (tertiary/aromatic N) is 1. The smallest absolute Gasteiger partial charge is 0.270 e. The van der Waals surface area contributed by atoms with Crippen molar-refractivity contribution in [2.24, 2.45) is 0 Å². The van der Waals surface area contributed by atoms with Gasteiger partial charge in [-0.05, 0) is 32.2 Å². The Morgan fingerprint density at radius 1 is 1.32 bits per heavy atom. The second-order valence-corrected chi connectivity index (χ2v) is 4.74. The van der Waals surface area contributed by atoms with Crippen LogP contribution in [0.4, 0.5) is 5.82 Å². The van der Waals surface area contributed by atoms with Crippen LogP contribution in [0.1, 0.15) is 31.3 Å². The summed E-state index contributed by atoms with van der Waals surface area (Å²) < 4.78 is 0. The third-order valence-electron chi connectivity index (χ3n) is 2.74. The van der Waals surface area contributed by atoms with Crippen LogP contribution in [0.3, 0.4) is 0 Å². The van der Waals surface area contributed by atoms with E-state index in [1.54, 1.807) is 0 Å². The lowest BCUT2D eigenvalue weighted by Crippen LogP contribution is -2.30. The molecule has 0 saturated heterocycles. The van der Waals surface area contributed by atoms with Gasteiger partial charge in [-0.1, -0.05) is 24.3 Å². The lowest BCUT2D eigenvalue weighted by atomic mass is 10.1. The summed E-state index contributed by atoms with van der Waals surface area (Å²) >= 11 is 0. The lowest BCUT2D eigenvalue weighted by Gasteiger charge is -2.12. The van der Waals surface area contributed by atoms with Crippen molar-refractivity contribution >= 4 is 22.5 Å². The molecule has 0 bridgehead atoms. The summed E-state index contributed by atoms with van der Waals surface area (Å²) in [5.74, 6) is 0.620. The van der Waals surface area contributed by atoms with Crippen molar-refractivity contribution in [3.63, 3.8) is 0 Å². The predicted octanol–water partition coefficient (Wildman–Crippen LogP) is 2.80. The summed E-state index contributed by atoms with van der Waals surface area (Å²) in [4.78, 5) is 16.5. The third-order valence-corrected chi connectivity index (χ3v) is 2.74. The quantitative estimate of drug-likeness (QED) is 0.885. The van der Waals surface area contributed by atoms with Crippen molar-refractivity contribution in [2.45, 2.75) is 26.8 Å². The molecule has 100 valence electrons. The van der Waals surface area contributed by atoms with E-state index in [2.05, 4.69) is 15.6 Å². The van der Waals surface area contributed by atoms with Crippen LogP contribution in [0.15, 0.2) is 30.3 Å². The molecule has 0 aliphatic carbocycles. The van der Waals surface area contributed by atoms with Gasteiger partial charge in [0.1, 0.15) is 11.5 Å². The van der Waals surface area contributed by atoms with E-state index in [0.29, 0.717) is 5.69 Å². The Kier molecular flexibility index (Phi) is 4.00. The first-order valence-corrected chi connectivity index (χ1v) is 6.56. The minimum Gasteiger partial charge on any atom is -0.370 e. The molecule has 0 spiro atoms. The zero-order valence-corrected chi connectivity index (χ0v) is 11.5. The van der Waals surface area contributed by atoms with Gasteiger partial charge in [-0.3, -0.25) is 4.79 Å². The Morgan fingerprint density at radius 2 is 2.05 bits per heavy atom. The number of rotatable bonds is 4. The van der Waals surface area contributed by atoms with Crippen LogP contribution in [0, 0.1) is 0 Å². The molecule has 1 heterocycles.